The molecule has 2 rings (SSSR count). The number of hydrogen-bond acceptors (Lipinski definition) is 8. The summed E-state index contributed by atoms with van der Waals surface area (Å²) in [7, 11) is 1.65. The third kappa shape index (κ3) is 8.05. The number of ether oxygens (including phenoxy) is 1. The van der Waals surface area contributed by atoms with Crippen LogP contribution in [0.2, 0.25) is 0 Å². The molecule has 10 heteroatoms. The SMILES string of the molecule is COCc1ccc(OSO)cc1CCN.O=CNc1ccc([N+](=O)[O-])cc1. The molecule has 0 radical (unpaired) electrons. The van der Waals surface area contributed by atoms with Crippen molar-refractivity contribution in [3.63, 3.8) is 0 Å². The zero-order valence-corrected chi connectivity index (χ0v) is 15.5. The van der Waals surface area contributed by atoms with Crippen molar-refractivity contribution in [3.05, 3.63) is 63.7 Å². The molecule has 0 spiro atoms. The third-order valence-electron chi connectivity index (χ3n) is 3.33. The van der Waals surface area contributed by atoms with Crippen LogP contribution in [0.1, 0.15) is 11.1 Å². The van der Waals surface area contributed by atoms with Crippen LogP contribution in [0, 0.1) is 10.1 Å². The second-order valence-electron chi connectivity index (χ2n) is 5.13. The maximum Gasteiger partial charge on any atom is 0.269 e. The summed E-state index contributed by atoms with van der Waals surface area (Å²) in [6.07, 6.45) is 1.28. The first kappa shape index (κ1) is 22.4. The number of methoxy groups -OCH3 is 1. The minimum atomic E-state index is -0.495. The second-order valence-corrected chi connectivity index (χ2v) is 5.44. The summed E-state index contributed by atoms with van der Waals surface area (Å²) in [5, 5.41) is 12.6. The Bertz CT molecular complexity index is 727. The van der Waals surface area contributed by atoms with Crippen molar-refractivity contribution in [2.75, 3.05) is 19.0 Å². The van der Waals surface area contributed by atoms with E-state index >= 15 is 0 Å². The predicted molar refractivity (Wildman–Crippen MR) is 104 cm³/mol. The molecule has 0 saturated heterocycles. The highest BCUT2D eigenvalue weighted by atomic mass is 32.2. The Morgan fingerprint density at radius 1 is 1.26 bits per heavy atom. The summed E-state index contributed by atoms with van der Waals surface area (Å²) in [6, 6.07) is 11.2. The van der Waals surface area contributed by atoms with E-state index in [4.69, 9.17) is 19.2 Å². The number of non-ortho nitro benzene ring substituents is 1. The van der Waals surface area contributed by atoms with Crippen molar-refractivity contribution >= 4 is 30.1 Å². The van der Waals surface area contributed by atoms with Crippen molar-refractivity contribution in [1.82, 2.24) is 0 Å². The number of hydrogen-bond donors (Lipinski definition) is 3. The molecule has 0 aliphatic carbocycles. The van der Waals surface area contributed by atoms with Gasteiger partial charge in [0.1, 0.15) is 5.75 Å². The van der Waals surface area contributed by atoms with Crippen LogP contribution in [0.15, 0.2) is 42.5 Å². The van der Waals surface area contributed by atoms with Crippen LogP contribution in [0.3, 0.4) is 0 Å². The quantitative estimate of drug-likeness (QED) is 0.255. The van der Waals surface area contributed by atoms with Gasteiger partial charge in [-0.15, -0.1) is 0 Å². The van der Waals surface area contributed by atoms with Crippen LogP contribution >= 0.6 is 12.3 Å². The lowest BCUT2D eigenvalue weighted by atomic mass is 10.0. The number of amides is 1. The molecule has 4 N–H and O–H groups in total. The lowest BCUT2D eigenvalue weighted by Gasteiger charge is -2.09. The second kappa shape index (κ2) is 12.7. The van der Waals surface area contributed by atoms with E-state index in [2.05, 4.69) is 5.32 Å². The van der Waals surface area contributed by atoms with Gasteiger partial charge in [0, 0.05) is 24.9 Å². The number of nitrogens with two attached hydrogens (primary N) is 1. The lowest BCUT2D eigenvalue weighted by Crippen LogP contribution is -2.06. The molecule has 0 aliphatic heterocycles. The Hall–Kier alpha value is -2.66. The Kier molecular flexibility index (Phi) is 10.5. The van der Waals surface area contributed by atoms with E-state index in [-0.39, 0.29) is 5.69 Å². The number of nitrogens with zero attached hydrogens (tertiary/aromatic N) is 1. The van der Waals surface area contributed by atoms with E-state index in [9.17, 15) is 14.9 Å². The van der Waals surface area contributed by atoms with E-state index in [0.717, 1.165) is 17.5 Å². The molecule has 2 aromatic carbocycles. The van der Waals surface area contributed by atoms with Gasteiger partial charge in [-0.1, -0.05) is 6.07 Å². The lowest BCUT2D eigenvalue weighted by molar-refractivity contribution is -0.384. The van der Waals surface area contributed by atoms with Crippen molar-refractivity contribution in [2.45, 2.75) is 13.0 Å². The summed E-state index contributed by atoms with van der Waals surface area (Å²) in [5.74, 6) is 0.616. The normalized spacial score (nSPS) is 9.74. The number of nitro groups is 1. The maximum atomic E-state index is 10.2. The van der Waals surface area contributed by atoms with Crippen molar-refractivity contribution in [3.8, 4) is 5.75 Å². The first-order valence-corrected chi connectivity index (χ1v) is 8.49. The number of nitro benzene ring substituents is 1. The van der Waals surface area contributed by atoms with Crippen molar-refractivity contribution in [1.29, 1.82) is 0 Å². The number of nitrogens with one attached hydrogen (secondary N) is 1. The standard InChI is InChI=1S/C10H15NO3S.C7H6N2O3/c1-13-7-9-2-3-10(14-15-12)6-8(9)4-5-11;10-5-8-6-1-3-7(4-2-6)9(11)12/h2-3,6,12H,4-5,7,11H2,1H3;1-5H,(H,8,10). The molecule has 0 aromatic heterocycles. The summed E-state index contributed by atoms with van der Waals surface area (Å²) in [6.45, 7) is 1.13. The summed E-state index contributed by atoms with van der Waals surface area (Å²) in [5.41, 5.74) is 8.24. The first-order valence-electron chi connectivity index (χ1n) is 7.79. The number of benzene rings is 2. The molecule has 0 saturated carbocycles. The van der Waals surface area contributed by atoms with Gasteiger partial charge in [0.15, 0.2) is 0 Å². The molecule has 0 bridgehead atoms. The monoisotopic (exact) mass is 395 g/mol. The van der Waals surface area contributed by atoms with E-state index in [0.29, 0.717) is 43.3 Å². The molecule has 0 atom stereocenters. The molecule has 1 amide bonds. The van der Waals surface area contributed by atoms with Gasteiger partial charge in [0.05, 0.1) is 11.5 Å². The average Bonchev–Trinajstić information content (AvgIpc) is 2.66. The molecule has 2 aromatic rings. The number of rotatable bonds is 9. The summed E-state index contributed by atoms with van der Waals surface area (Å²) in [4.78, 5) is 19.6. The predicted octanol–water partition coefficient (Wildman–Crippen LogP) is 3.00. The first-order chi connectivity index (χ1) is 13.0. The molecule has 0 heterocycles. The smallest absolute Gasteiger partial charge is 0.269 e. The van der Waals surface area contributed by atoms with E-state index < -0.39 is 4.92 Å². The molecule has 9 nitrogen and oxygen atoms in total. The average molecular weight is 395 g/mol. The highest BCUT2D eigenvalue weighted by molar-refractivity contribution is 7.89. The van der Waals surface area contributed by atoms with Gasteiger partial charge in [0.2, 0.25) is 18.7 Å². The molecular formula is C17H21N3O6S. The van der Waals surface area contributed by atoms with Crippen molar-refractivity contribution in [2.24, 2.45) is 5.73 Å². The van der Waals surface area contributed by atoms with Gasteiger partial charge in [-0.2, -0.15) is 0 Å². The van der Waals surface area contributed by atoms with Gasteiger partial charge >= 0.3 is 0 Å². The van der Waals surface area contributed by atoms with Crippen LogP contribution in [-0.4, -0.2) is 29.5 Å². The fraction of sp³-hybridized carbons (Fsp3) is 0.235. The Balaban J connectivity index is 0.000000277. The molecule has 0 aliphatic rings. The van der Waals surface area contributed by atoms with Gasteiger partial charge in [0.25, 0.3) is 5.69 Å². The van der Waals surface area contributed by atoms with E-state index in [1.807, 2.05) is 12.1 Å². The zero-order chi connectivity index (χ0) is 20.1. The van der Waals surface area contributed by atoms with Crippen LogP contribution in [-0.2, 0) is 22.6 Å². The largest absolute Gasteiger partial charge is 0.401 e. The Labute approximate surface area is 161 Å². The molecule has 27 heavy (non-hydrogen) atoms. The fourth-order valence-corrected chi connectivity index (χ4v) is 2.32. The van der Waals surface area contributed by atoms with Gasteiger partial charge < -0.3 is 20.0 Å². The zero-order valence-electron chi connectivity index (χ0n) is 14.7. The molecule has 0 unspecified atom stereocenters. The third-order valence-corrected chi connectivity index (χ3v) is 3.60. The molecule has 0 fully saturated rings. The highest BCUT2D eigenvalue weighted by Crippen LogP contribution is 2.21. The van der Waals surface area contributed by atoms with E-state index in [1.165, 1.54) is 24.3 Å². The van der Waals surface area contributed by atoms with Crippen LogP contribution < -0.4 is 15.2 Å². The summed E-state index contributed by atoms with van der Waals surface area (Å²) < 4.78 is 18.6. The minimum Gasteiger partial charge on any atom is -0.401 e. The number of anilines is 1. The minimum absolute atomic E-state index is 0.00597. The molecular weight excluding hydrogens is 374 g/mol. The maximum absolute atomic E-state index is 10.2. The summed E-state index contributed by atoms with van der Waals surface area (Å²) >= 11 is 0.338. The highest BCUT2D eigenvalue weighted by Gasteiger charge is 2.04. The topological polar surface area (TPSA) is 137 Å². The van der Waals surface area contributed by atoms with Crippen molar-refractivity contribution < 1.29 is 23.2 Å². The van der Waals surface area contributed by atoms with Gasteiger partial charge in [-0.05, 0) is 48.4 Å². The van der Waals surface area contributed by atoms with Crippen LogP contribution in [0.25, 0.3) is 0 Å². The van der Waals surface area contributed by atoms with Gasteiger partial charge in [-0.3, -0.25) is 19.5 Å². The van der Waals surface area contributed by atoms with E-state index in [1.54, 1.807) is 13.2 Å². The van der Waals surface area contributed by atoms with Crippen LogP contribution in [0.5, 0.6) is 5.75 Å². The number of carbonyl (C=O) groups excluding carboxylic acids is 1. The fourth-order valence-electron chi connectivity index (χ4n) is 2.13. The Morgan fingerprint density at radius 3 is 2.48 bits per heavy atom. The Morgan fingerprint density at radius 2 is 1.96 bits per heavy atom. The van der Waals surface area contributed by atoms with Gasteiger partial charge in [-0.25, -0.2) is 0 Å². The van der Waals surface area contributed by atoms with Crippen LogP contribution in [0.4, 0.5) is 11.4 Å². The molecule has 146 valence electrons. The number of carbonyl (C=O) groups is 1.